The summed E-state index contributed by atoms with van der Waals surface area (Å²) < 4.78 is 11.4. The third kappa shape index (κ3) is 2.08. The molecule has 1 heterocycles. The summed E-state index contributed by atoms with van der Waals surface area (Å²) in [5, 5.41) is 11.6. The maximum atomic E-state index is 11.6. The van der Waals surface area contributed by atoms with E-state index in [4.69, 9.17) is 15.2 Å². The molecule has 1 aromatic carbocycles. The van der Waals surface area contributed by atoms with Gasteiger partial charge >= 0.3 is 0 Å². The van der Waals surface area contributed by atoms with Gasteiger partial charge in [-0.2, -0.15) is 0 Å². The van der Waals surface area contributed by atoms with Gasteiger partial charge in [0.15, 0.2) is 0 Å². The predicted octanol–water partition coefficient (Wildman–Crippen LogP) is 1.99. The predicted molar refractivity (Wildman–Crippen MR) is 81.5 cm³/mol. The van der Waals surface area contributed by atoms with Crippen molar-refractivity contribution in [1.29, 1.82) is 0 Å². The van der Waals surface area contributed by atoms with Crippen molar-refractivity contribution in [2.75, 3.05) is 20.3 Å². The lowest BCUT2D eigenvalue weighted by atomic mass is 9.58. The van der Waals surface area contributed by atoms with Gasteiger partial charge in [0.1, 0.15) is 11.4 Å². The Morgan fingerprint density at radius 3 is 2.90 bits per heavy atom. The van der Waals surface area contributed by atoms with Gasteiger partial charge in [0.05, 0.1) is 12.7 Å². The average Bonchev–Trinajstić information content (AvgIpc) is 2.54. The maximum absolute atomic E-state index is 11.6. The minimum absolute atomic E-state index is 0.166. The molecule has 4 nitrogen and oxygen atoms in total. The highest BCUT2D eigenvalue weighted by molar-refractivity contribution is 5.45. The zero-order valence-corrected chi connectivity index (χ0v) is 12.7. The number of benzene rings is 1. The Labute approximate surface area is 126 Å². The minimum Gasteiger partial charge on any atom is -0.493 e. The van der Waals surface area contributed by atoms with E-state index in [9.17, 15) is 5.11 Å². The topological polar surface area (TPSA) is 64.7 Å². The molecule has 1 aliphatic carbocycles. The van der Waals surface area contributed by atoms with Gasteiger partial charge in [0, 0.05) is 24.6 Å². The lowest BCUT2D eigenvalue weighted by molar-refractivity contribution is -0.166. The van der Waals surface area contributed by atoms with E-state index in [0.717, 1.165) is 43.4 Å². The second-order valence-electron chi connectivity index (χ2n) is 6.28. The molecular weight excluding hydrogens is 266 g/mol. The molecule has 1 aliphatic heterocycles. The first-order chi connectivity index (χ1) is 10.2. The normalized spacial score (nSPS) is 35.9. The van der Waals surface area contributed by atoms with Gasteiger partial charge in [-0.15, -0.1) is 0 Å². The molecule has 1 aromatic rings. The molecular formula is C17H25NO3. The second-order valence-corrected chi connectivity index (χ2v) is 6.28. The van der Waals surface area contributed by atoms with Crippen LogP contribution in [-0.2, 0) is 10.2 Å². The van der Waals surface area contributed by atoms with E-state index >= 15 is 0 Å². The maximum Gasteiger partial charge on any atom is 0.123 e. The van der Waals surface area contributed by atoms with Crippen LogP contribution in [0.2, 0.25) is 0 Å². The van der Waals surface area contributed by atoms with E-state index < -0.39 is 11.0 Å². The molecule has 3 unspecified atom stereocenters. The van der Waals surface area contributed by atoms with E-state index in [-0.39, 0.29) is 6.10 Å². The fraction of sp³-hybridized carbons (Fsp3) is 0.647. The van der Waals surface area contributed by atoms with E-state index in [2.05, 4.69) is 0 Å². The number of para-hydroxylation sites is 1. The van der Waals surface area contributed by atoms with Crippen molar-refractivity contribution in [2.45, 2.75) is 49.2 Å². The summed E-state index contributed by atoms with van der Waals surface area (Å²) in [4.78, 5) is 0. The van der Waals surface area contributed by atoms with Crippen LogP contribution in [0.5, 0.6) is 5.75 Å². The summed E-state index contributed by atoms with van der Waals surface area (Å²) in [6.45, 7) is 0.997. The molecule has 3 rings (SSSR count). The Bertz CT molecular complexity index is 507. The molecule has 3 N–H and O–H groups in total. The lowest BCUT2D eigenvalue weighted by Gasteiger charge is -2.54. The van der Waals surface area contributed by atoms with E-state index in [1.807, 2.05) is 24.3 Å². The van der Waals surface area contributed by atoms with Crippen LogP contribution in [0.15, 0.2) is 24.3 Å². The largest absolute Gasteiger partial charge is 0.493 e. The van der Waals surface area contributed by atoms with Crippen molar-refractivity contribution >= 4 is 0 Å². The number of aliphatic hydroxyl groups is 1. The molecule has 21 heavy (non-hydrogen) atoms. The molecule has 0 aromatic heterocycles. The van der Waals surface area contributed by atoms with Gasteiger partial charge in [-0.25, -0.2) is 0 Å². The summed E-state index contributed by atoms with van der Waals surface area (Å²) >= 11 is 0. The van der Waals surface area contributed by atoms with Gasteiger partial charge < -0.3 is 20.3 Å². The summed E-state index contributed by atoms with van der Waals surface area (Å²) in [5.74, 6) is 0.850. The molecule has 3 atom stereocenters. The number of hydrogen-bond donors (Lipinski definition) is 2. The van der Waals surface area contributed by atoms with Gasteiger partial charge in [-0.3, -0.25) is 0 Å². The van der Waals surface area contributed by atoms with Crippen LogP contribution in [0, 0.1) is 0 Å². The molecule has 1 saturated carbocycles. The van der Waals surface area contributed by atoms with E-state index in [1.54, 1.807) is 7.11 Å². The third-order valence-electron chi connectivity index (χ3n) is 5.46. The van der Waals surface area contributed by atoms with Crippen LogP contribution < -0.4 is 10.5 Å². The number of hydrogen-bond acceptors (Lipinski definition) is 4. The highest BCUT2D eigenvalue weighted by atomic mass is 16.5. The zero-order chi connectivity index (χ0) is 14.9. The Hall–Kier alpha value is -1.10. The lowest BCUT2D eigenvalue weighted by Crippen LogP contribution is -2.65. The summed E-state index contributed by atoms with van der Waals surface area (Å²) in [6.07, 6.45) is 4.30. The van der Waals surface area contributed by atoms with Crippen LogP contribution >= 0.6 is 0 Å². The van der Waals surface area contributed by atoms with Crippen molar-refractivity contribution in [3.63, 3.8) is 0 Å². The Morgan fingerprint density at radius 2 is 2.14 bits per heavy atom. The number of nitrogens with two attached hydrogens (primary N) is 1. The number of methoxy groups -OCH3 is 1. The van der Waals surface area contributed by atoms with Crippen molar-refractivity contribution in [2.24, 2.45) is 5.73 Å². The van der Waals surface area contributed by atoms with Gasteiger partial charge in [-0.05, 0) is 25.3 Å². The molecule has 1 fully saturated rings. The Kier molecular flexibility index (Phi) is 3.95. The molecule has 0 spiro atoms. The number of ether oxygens (including phenoxy) is 2. The fourth-order valence-electron chi connectivity index (χ4n) is 4.28. The van der Waals surface area contributed by atoms with Crippen LogP contribution in [0.1, 0.15) is 37.7 Å². The summed E-state index contributed by atoms with van der Waals surface area (Å²) in [7, 11) is 1.69. The monoisotopic (exact) mass is 291 g/mol. The molecule has 4 heteroatoms. The second kappa shape index (κ2) is 5.59. The fourth-order valence-corrected chi connectivity index (χ4v) is 4.28. The SMILES string of the molecule is COC1CCCCC1(O)C1(CN)CCOc2ccccc21. The van der Waals surface area contributed by atoms with Crippen molar-refractivity contribution in [3.05, 3.63) is 29.8 Å². The molecule has 116 valence electrons. The summed E-state index contributed by atoms with van der Waals surface area (Å²) in [5.41, 5.74) is 5.84. The zero-order valence-electron chi connectivity index (χ0n) is 12.7. The molecule has 0 bridgehead atoms. The average molecular weight is 291 g/mol. The highest BCUT2D eigenvalue weighted by Crippen LogP contribution is 2.51. The van der Waals surface area contributed by atoms with Crippen LogP contribution in [0.3, 0.4) is 0 Å². The van der Waals surface area contributed by atoms with Crippen LogP contribution in [0.25, 0.3) is 0 Å². The van der Waals surface area contributed by atoms with Gasteiger partial charge in [0.2, 0.25) is 0 Å². The smallest absolute Gasteiger partial charge is 0.123 e. The first-order valence-electron chi connectivity index (χ1n) is 7.85. The van der Waals surface area contributed by atoms with E-state index in [0.29, 0.717) is 13.2 Å². The van der Waals surface area contributed by atoms with E-state index in [1.165, 1.54) is 0 Å². The van der Waals surface area contributed by atoms with Crippen LogP contribution in [-0.4, -0.2) is 37.1 Å². The third-order valence-corrected chi connectivity index (χ3v) is 5.46. The van der Waals surface area contributed by atoms with Crippen molar-refractivity contribution < 1.29 is 14.6 Å². The molecule has 2 aliphatic rings. The van der Waals surface area contributed by atoms with Crippen molar-refractivity contribution in [3.8, 4) is 5.75 Å². The number of fused-ring (bicyclic) bond motifs is 1. The molecule has 0 radical (unpaired) electrons. The number of rotatable bonds is 3. The summed E-state index contributed by atoms with van der Waals surface area (Å²) in [6, 6.07) is 7.96. The van der Waals surface area contributed by atoms with Gasteiger partial charge in [0.25, 0.3) is 0 Å². The highest BCUT2D eigenvalue weighted by Gasteiger charge is 2.57. The quantitative estimate of drug-likeness (QED) is 0.894. The molecule has 0 saturated heterocycles. The standard InChI is InChI=1S/C17H25NO3/c1-20-15-8-4-5-9-17(15,19)16(12-18)10-11-21-14-7-3-2-6-13(14)16/h2-3,6-7,15,19H,4-5,8-12,18H2,1H3. The first-order valence-corrected chi connectivity index (χ1v) is 7.85. The first kappa shape index (κ1) is 14.8. The Morgan fingerprint density at radius 1 is 1.33 bits per heavy atom. The van der Waals surface area contributed by atoms with Gasteiger partial charge in [-0.1, -0.05) is 31.0 Å². The Balaban J connectivity index is 2.12. The van der Waals surface area contributed by atoms with Crippen molar-refractivity contribution in [1.82, 2.24) is 0 Å². The molecule has 0 amide bonds. The minimum atomic E-state index is -0.922. The van der Waals surface area contributed by atoms with Crippen LogP contribution in [0.4, 0.5) is 0 Å².